The molecule has 5 nitrogen and oxygen atoms in total. The number of ether oxygens (including phenoxy) is 3. The first kappa shape index (κ1) is 18.6. The number of halogens is 1. The highest BCUT2D eigenvalue weighted by atomic mass is 35.5. The van der Waals surface area contributed by atoms with E-state index in [9.17, 15) is 4.79 Å². The molecule has 124 valence electrons. The number of methoxy groups -OCH3 is 2. The van der Waals surface area contributed by atoms with Crippen LogP contribution in [-0.2, 0) is 4.74 Å². The molecule has 0 aliphatic rings. The smallest absolute Gasteiger partial charge is 0.251 e. The van der Waals surface area contributed by atoms with Crippen LogP contribution >= 0.6 is 11.6 Å². The Kier molecular flexibility index (Phi) is 8.70. The van der Waals surface area contributed by atoms with Crippen LogP contribution in [0.1, 0.15) is 36.5 Å². The minimum Gasteiger partial charge on any atom is -0.493 e. The van der Waals surface area contributed by atoms with Crippen LogP contribution in [0, 0.1) is 0 Å². The van der Waals surface area contributed by atoms with Crippen molar-refractivity contribution in [3.63, 3.8) is 0 Å². The van der Waals surface area contributed by atoms with Crippen LogP contribution in [0.5, 0.6) is 11.5 Å². The van der Waals surface area contributed by atoms with Gasteiger partial charge in [0, 0.05) is 25.3 Å². The number of nitrogens with one attached hydrogen (secondary N) is 1. The minimum absolute atomic E-state index is 0.198. The van der Waals surface area contributed by atoms with E-state index in [0.717, 1.165) is 25.9 Å². The molecule has 1 aromatic rings. The Morgan fingerprint density at radius 1 is 1.18 bits per heavy atom. The average Bonchev–Trinajstić information content (AvgIpc) is 2.52. The molecule has 1 rings (SSSR count). The molecule has 22 heavy (non-hydrogen) atoms. The molecule has 0 spiro atoms. The molecule has 0 saturated carbocycles. The lowest BCUT2D eigenvalue weighted by molar-refractivity contribution is 0.0940. The summed E-state index contributed by atoms with van der Waals surface area (Å²) in [5.41, 5.74) is 0.439. The second-order valence-electron chi connectivity index (χ2n) is 4.77. The molecular weight excluding hydrogens is 306 g/mol. The first-order valence-corrected chi connectivity index (χ1v) is 7.79. The van der Waals surface area contributed by atoms with Gasteiger partial charge in [-0.25, -0.2) is 0 Å². The van der Waals surface area contributed by atoms with Gasteiger partial charge in [0.2, 0.25) is 0 Å². The summed E-state index contributed by atoms with van der Waals surface area (Å²) in [5.74, 6) is 0.657. The normalized spacial score (nSPS) is 10.4. The van der Waals surface area contributed by atoms with Gasteiger partial charge >= 0.3 is 0 Å². The molecular formula is C16H24ClNO4. The van der Waals surface area contributed by atoms with Gasteiger partial charge in [-0.15, -0.1) is 0 Å². The standard InChI is InChI=1S/C16H24ClNO4/c1-4-5-8-22-9-6-7-18-16(19)12-10-13(17)15(21-3)14(11-12)20-2/h10-11H,4-9H2,1-3H3,(H,18,19). The molecule has 0 heterocycles. The molecule has 0 unspecified atom stereocenters. The fraction of sp³-hybridized carbons (Fsp3) is 0.562. The zero-order valence-electron chi connectivity index (χ0n) is 13.4. The molecule has 0 aromatic heterocycles. The molecule has 1 N–H and O–H groups in total. The number of rotatable bonds is 10. The van der Waals surface area contributed by atoms with Crippen molar-refractivity contribution in [3.05, 3.63) is 22.7 Å². The summed E-state index contributed by atoms with van der Waals surface area (Å²) in [4.78, 5) is 12.1. The highest BCUT2D eigenvalue weighted by molar-refractivity contribution is 6.32. The van der Waals surface area contributed by atoms with E-state index >= 15 is 0 Å². The third-order valence-electron chi connectivity index (χ3n) is 3.09. The molecule has 1 amide bonds. The average molecular weight is 330 g/mol. The molecule has 0 aliphatic carbocycles. The predicted octanol–water partition coefficient (Wildman–Crippen LogP) is 3.29. The van der Waals surface area contributed by atoms with Crippen molar-refractivity contribution in [3.8, 4) is 11.5 Å². The Hall–Kier alpha value is -1.46. The van der Waals surface area contributed by atoms with Crippen LogP contribution in [0.4, 0.5) is 0 Å². The molecule has 0 atom stereocenters. The van der Waals surface area contributed by atoms with Gasteiger partial charge in [0.05, 0.1) is 19.2 Å². The maximum atomic E-state index is 12.1. The van der Waals surface area contributed by atoms with Gasteiger partial charge in [-0.2, -0.15) is 0 Å². The van der Waals surface area contributed by atoms with Crippen molar-refractivity contribution in [2.75, 3.05) is 34.0 Å². The lowest BCUT2D eigenvalue weighted by atomic mass is 10.2. The van der Waals surface area contributed by atoms with Crippen LogP contribution in [0.25, 0.3) is 0 Å². The van der Waals surface area contributed by atoms with E-state index < -0.39 is 0 Å². The van der Waals surface area contributed by atoms with Crippen molar-refractivity contribution in [1.29, 1.82) is 0 Å². The molecule has 0 radical (unpaired) electrons. The second-order valence-corrected chi connectivity index (χ2v) is 5.18. The van der Waals surface area contributed by atoms with Crippen LogP contribution in [0.2, 0.25) is 5.02 Å². The van der Waals surface area contributed by atoms with Gasteiger partial charge in [-0.05, 0) is 25.0 Å². The zero-order chi connectivity index (χ0) is 16.4. The number of amides is 1. The Balaban J connectivity index is 2.47. The fourth-order valence-corrected chi connectivity index (χ4v) is 2.16. The van der Waals surface area contributed by atoms with Crippen LogP contribution in [0.15, 0.2) is 12.1 Å². The highest BCUT2D eigenvalue weighted by Crippen LogP contribution is 2.35. The van der Waals surface area contributed by atoms with Gasteiger partial charge in [0.15, 0.2) is 11.5 Å². The lowest BCUT2D eigenvalue weighted by Crippen LogP contribution is -2.25. The third kappa shape index (κ3) is 5.73. The maximum Gasteiger partial charge on any atom is 0.251 e. The number of hydrogen-bond donors (Lipinski definition) is 1. The molecule has 0 fully saturated rings. The number of benzene rings is 1. The van der Waals surface area contributed by atoms with Crippen LogP contribution in [-0.4, -0.2) is 39.9 Å². The third-order valence-corrected chi connectivity index (χ3v) is 3.37. The SMILES string of the molecule is CCCCOCCCNC(=O)c1cc(Cl)c(OC)c(OC)c1. The van der Waals surface area contributed by atoms with Gasteiger partial charge in [-0.3, -0.25) is 4.79 Å². The van der Waals surface area contributed by atoms with Gasteiger partial charge in [-0.1, -0.05) is 24.9 Å². The van der Waals surface area contributed by atoms with E-state index in [0.29, 0.717) is 35.2 Å². The largest absolute Gasteiger partial charge is 0.493 e. The summed E-state index contributed by atoms with van der Waals surface area (Å²) in [6, 6.07) is 3.17. The van der Waals surface area contributed by atoms with Crippen molar-refractivity contribution >= 4 is 17.5 Å². The summed E-state index contributed by atoms with van der Waals surface area (Å²) in [5, 5.41) is 3.17. The van der Waals surface area contributed by atoms with E-state index in [1.807, 2.05) is 0 Å². The number of carbonyl (C=O) groups is 1. The number of unbranched alkanes of at least 4 members (excludes halogenated alkanes) is 1. The fourth-order valence-electron chi connectivity index (χ4n) is 1.88. The van der Waals surface area contributed by atoms with Crippen molar-refractivity contribution in [1.82, 2.24) is 5.32 Å². The Labute approximate surface area is 136 Å². The summed E-state index contributed by atoms with van der Waals surface area (Å²) >= 11 is 6.08. The molecule has 0 saturated heterocycles. The number of carbonyl (C=O) groups excluding carboxylic acids is 1. The van der Waals surface area contributed by atoms with Crippen LogP contribution < -0.4 is 14.8 Å². The van der Waals surface area contributed by atoms with E-state index in [4.69, 9.17) is 25.8 Å². The van der Waals surface area contributed by atoms with Crippen molar-refractivity contribution in [2.45, 2.75) is 26.2 Å². The zero-order valence-corrected chi connectivity index (χ0v) is 14.2. The topological polar surface area (TPSA) is 56.8 Å². The Bertz CT molecular complexity index is 479. The minimum atomic E-state index is -0.198. The Morgan fingerprint density at radius 3 is 2.55 bits per heavy atom. The Morgan fingerprint density at radius 2 is 1.91 bits per heavy atom. The summed E-state index contributed by atoms with van der Waals surface area (Å²) in [6.07, 6.45) is 2.96. The molecule has 0 bridgehead atoms. The number of hydrogen-bond acceptors (Lipinski definition) is 4. The molecule has 6 heteroatoms. The van der Waals surface area contributed by atoms with Crippen molar-refractivity contribution in [2.24, 2.45) is 0 Å². The molecule has 0 aliphatic heterocycles. The van der Waals surface area contributed by atoms with E-state index in [1.165, 1.54) is 14.2 Å². The predicted molar refractivity (Wildman–Crippen MR) is 87.2 cm³/mol. The van der Waals surface area contributed by atoms with E-state index in [2.05, 4.69) is 12.2 Å². The molecule has 1 aromatic carbocycles. The van der Waals surface area contributed by atoms with Gasteiger partial charge in [0.25, 0.3) is 5.91 Å². The van der Waals surface area contributed by atoms with Crippen molar-refractivity contribution < 1.29 is 19.0 Å². The monoisotopic (exact) mass is 329 g/mol. The summed E-state index contributed by atoms with van der Waals surface area (Å²) in [6.45, 7) is 4.09. The highest BCUT2D eigenvalue weighted by Gasteiger charge is 2.14. The van der Waals surface area contributed by atoms with E-state index in [-0.39, 0.29) is 5.91 Å². The first-order chi connectivity index (χ1) is 10.6. The van der Waals surface area contributed by atoms with Crippen LogP contribution in [0.3, 0.4) is 0 Å². The van der Waals surface area contributed by atoms with Gasteiger partial charge < -0.3 is 19.5 Å². The maximum absolute atomic E-state index is 12.1. The summed E-state index contributed by atoms with van der Waals surface area (Å²) in [7, 11) is 3.01. The van der Waals surface area contributed by atoms with Gasteiger partial charge in [0.1, 0.15) is 0 Å². The summed E-state index contributed by atoms with van der Waals surface area (Å²) < 4.78 is 15.8. The first-order valence-electron chi connectivity index (χ1n) is 7.41. The quantitative estimate of drug-likeness (QED) is 0.669. The van der Waals surface area contributed by atoms with E-state index in [1.54, 1.807) is 12.1 Å². The lowest BCUT2D eigenvalue weighted by Gasteiger charge is -2.12. The second kappa shape index (κ2) is 10.3.